The number of nitrogens with one attached hydrogen (secondary N) is 1. The number of anilines is 1. The van der Waals surface area contributed by atoms with E-state index in [0.717, 1.165) is 0 Å². The van der Waals surface area contributed by atoms with Crippen molar-refractivity contribution in [3.05, 3.63) is 82.9 Å². The summed E-state index contributed by atoms with van der Waals surface area (Å²) in [6.07, 6.45) is 0. The molecule has 1 aliphatic rings. The van der Waals surface area contributed by atoms with Crippen LogP contribution in [0.1, 0.15) is 31.8 Å². The van der Waals surface area contributed by atoms with E-state index < -0.39 is 15.8 Å². The van der Waals surface area contributed by atoms with Crippen molar-refractivity contribution in [3.63, 3.8) is 0 Å². The Labute approximate surface area is 173 Å². The van der Waals surface area contributed by atoms with E-state index in [9.17, 15) is 18.0 Å². The zero-order valence-electron chi connectivity index (χ0n) is 16.1. The summed E-state index contributed by atoms with van der Waals surface area (Å²) in [5.74, 6) is -0.116. The molecule has 4 rings (SSSR count). The fourth-order valence-corrected chi connectivity index (χ4v) is 4.68. The number of fused-ring (bicyclic) bond motifs is 2. The fraction of sp³-hybridized carbons (Fsp3) is 0.0909. The summed E-state index contributed by atoms with van der Waals surface area (Å²) < 4.78 is 39.1. The molecule has 0 saturated carbocycles. The van der Waals surface area contributed by atoms with Crippen molar-refractivity contribution in [2.24, 2.45) is 0 Å². The van der Waals surface area contributed by atoms with Gasteiger partial charge in [0, 0.05) is 34.9 Å². The zero-order valence-corrected chi connectivity index (χ0v) is 16.9. The third-order valence-corrected chi connectivity index (χ3v) is 6.23. The Hall–Kier alpha value is -3.65. The van der Waals surface area contributed by atoms with Gasteiger partial charge >= 0.3 is 0 Å². The number of ketones is 2. The SMILES string of the molecule is COc1cc(NS(=O)(=O)c2cccc3c2C(=O)c2ccccc2C3=O)cc(OC)c1. The lowest BCUT2D eigenvalue weighted by atomic mass is 9.84. The van der Waals surface area contributed by atoms with Gasteiger partial charge in [0.15, 0.2) is 11.6 Å². The molecule has 30 heavy (non-hydrogen) atoms. The molecule has 0 heterocycles. The average molecular weight is 423 g/mol. The van der Waals surface area contributed by atoms with Crippen molar-refractivity contribution in [1.29, 1.82) is 0 Å². The number of rotatable bonds is 5. The molecular formula is C22H17NO6S. The van der Waals surface area contributed by atoms with E-state index in [1.54, 1.807) is 24.3 Å². The van der Waals surface area contributed by atoms with Crippen molar-refractivity contribution in [2.45, 2.75) is 4.90 Å². The molecule has 0 fully saturated rings. The maximum absolute atomic E-state index is 13.2. The Bertz CT molecular complexity index is 1270. The summed E-state index contributed by atoms with van der Waals surface area (Å²) >= 11 is 0. The largest absolute Gasteiger partial charge is 0.497 e. The molecule has 0 aromatic heterocycles. The first-order chi connectivity index (χ1) is 14.4. The van der Waals surface area contributed by atoms with Gasteiger partial charge < -0.3 is 9.47 Å². The summed E-state index contributed by atoms with van der Waals surface area (Å²) in [5.41, 5.74) is 0.558. The lowest BCUT2D eigenvalue weighted by Gasteiger charge is -2.20. The van der Waals surface area contributed by atoms with Crippen LogP contribution in [0, 0.1) is 0 Å². The van der Waals surface area contributed by atoms with Crippen LogP contribution in [0.3, 0.4) is 0 Å². The van der Waals surface area contributed by atoms with E-state index in [2.05, 4.69) is 4.72 Å². The van der Waals surface area contributed by atoms with E-state index in [1.807, 2.05) is 0 Å². The quantitative estimate of drug-likeness (QED) is 0.529. The van der Waals surface area contributed by atoms with Crippen molar-refractivity contribution in [1.82, 2.24) is 0 Å². The molecule has 0 aliphatic heterocycles. The number of hydrogen-bond donors (Lipinski definition) is 1. The highest BCUT2D eigenvalue weighted by Gasteiger charge is 2.34. The Morgan fingerprint density at radius 1 is 0.733 bits per heavy atom. The van der Waals surface area contributed by atoms with Crippen LogP contribution in [-0.4, -0.2) is 34.2 Å². The second kappa shape index (κ2) is 7.31. The smallest absolute Gasteiger partial charge is 0.262 e. The van der Waals surface area contributed by atoms with Gasteiger partial charge in [-0.1, -0.05) is 36.4 Å². The van der Waals surface area contributed by atoms with E-state index >= 15 is 0 Å². The molecule has 3 aromatic rings. The molecule has 1 aliphatic carbocycles. The van der Waals surface area contributed by atoms with Crippen molar-refractivity contribution in [2.75, 3.05) is 18.9 Å². The first-order valence-electron chi connectivity index (χ1n) is 8.93. The molecule has 152 valence electrons. The highest BCUT2D eigenvalue weighted by atomic mass is 32.2. The van der Waals surface area contributed by atoms with Gasteiger partial charge in [0.2, 0.25) is 0 Å². The number of benzene rings is 3. The third-order valence-electron chi connectivity index (χ3n) is 4.81. The number of hydrogen-bond acceptors (Lipinski definition) is 6. The zero-order chi connectivity index (χ0) is 21.5. The molecule has 0 unspecified atom stereocenters. The Morgan fingerprint density at radius 2 is 1.30 bits per heavy atom. The maximum Gasteiger partial charge on any atom is 0.262 e. The van der Waals surface area contributed by atoms with Gasteiger partial charge in [-0.05, 0) is 6.07 Å². The minimum atomic E-state index is -4.20. The predicted octanol–water partition coefficient (Wildman–Crippen LogP) is 3.28. The topological polar surface area (TPSA) is 98.8 Å². The first kappa shape index (κ1) is 19.7. The summed E-state index contributed by atoms with van der Waals surface area (Å²) in [5, 5.41) is 0. The van der Waals surface area contributed by atoms with Gasteiger partial charge in [-0.3, -0.25) is 14.3 Å². The van der Waals surface area contributed by atoms with Gasteiger partial charge in [0.1, 0.15) is 11.5 Å². The highest BCUT2D eigenvalue weighted by molar-refractivity contribution is 7.92. The molecule has 7 nitrogen and oxygen atoms in total. The van der Waals surface area contributed by atoms with Crippen LogP contribution in [0.25, 0.3) is 0 Å². The van der Waals surface area contributed by atoms with Crippen LogP contribution in [0.4, 0.5) is 5.69 Å². The third kappa shape index (κ3) is 3.21. The molecular weight excluding hydrogens is 406 g/mol. The Balaban J connectivity index is 1.83. The van der Waals surface area contributed by atoms with E-state index in [4.69, 9.17) is 9.47 Å². The average Bonchev–Trinajstić information content (AvgIpc) is 2.76. The van der Waals surface area contributed by atoms with Gasteiger partial charge in [0.25, 0.3) is 10.0 Å². The van der Waals surface area contributed by atoms with Crippen molar-refractivity contribution < 1.29 is 27.5 Å². The molecule has 0 atom stereocenters. The molecule has 0 amide bonds. The van der Waals surface area contributed by atoms with E-state index in [1.165, 1.54) is 50.6 Å². The van der Waals surface area contributed by atoms with Crippen LogP contribution < -0.4 is 14.2 Å². The van der Waals surface area contributed by atoms with Gasteiger partial charge in [-0.15, -0.1) is 0 Å². The lowest BCUT2D eigenvalue weighted by molar-refractivity contribution is 0.0976. The normalized spacial score (nSPS) is 12.7. The molecule has 1 N–H and O–H groups in total. The second-order valence-corrected chi connectivity index (χ2v) is 8.24. The molecule has 0 radical (unpaired) electrons. The maximum atomic E-state index is 13.2. The highest BCUT2D eigenvalue weighted by Crippen LogP contribution is 2.33. The minimum absolute atomic E-state index is 0.0600. The Morgan fingerprint density at radius 3 is 1.90 bits per heavy atom. The van der Waals surface area contributed by atoms with Crippen LogP contribution in [0.5, 0.6) is 11.5 Å². The molecule has 0 saturated heterocycles. The van der Waals surface area contributed by atoms with Crippen molar-refractivity contribution >= 4 is 27.3 Å². The second-order valence-electron chi connectivity index (χ2n) is 6.59. The summed E-state index contributed by atoms with van der Waals surface area (Å²) in [4.78, 5) is 25.7. The van der Waals surface area contributed by atoms with Crippen LogP contribution in [0.15, 0.2) is 65.6 Å². The van der Waals surface area contributed by atoms with Gasteiger partial charge in [-0.2, -0.15) is 0 Å². The molecule has 0 spiro atoms. The lowest BCUT2D eigenvalue weighted by Crippen LogP contribution is -2.25. The van der Waals surface area contributed by atoms with Crippen LogP contribution >= 0.6 is 0 Å². The summed E-state index contributed by atoms with van der Waals surface area (Å²) in [6.45, 7) is 0. The number of carbonyl (C=O) groups is 2. The Kier molecular flexibility index (Phi) is 4.79. The van der Waals surface area contributed by atoms with E-state index in [0.29, 0.717) is 11.5 Å². The first-order valence-corrected chi connectivity index (χ1v) is 10.4. The van der Waals surface area contributed by atoms with Crippen molar-refractivity contribution in [3.8, 4) is 11.5 Å². The monoisotopic (exact) mass is 423 g/mol. The standard InChI is InChI=1S/C22H17NO6S/c1-28-14-10-13(11-15(12-14)29-2)23-30(26,27)19-9-5-8-18-20(19)22(25)17-7-4-3-6-16(17)21(18)24/h3-12,23H,1-2H3. The summed E-state index contributed by atoms with van der Waals surface area (Å²) in [6, 6.07) is 15.1. The van der Waals surface area contributed by atoms with Gasteiger partial charge in [0.05, 0.1) is 30.4 Å². The molecule has 3 aromatic carbocycles. The number of methoxy groups -OCH3 is 2. The number of carbonyl (C=O) groups excluding carboxylic acids is 2. The fourth-order valence-electron chi connectivity index (χ4n) is 3.41. The van der Waals surface area contributed by atoms with Gasteiger partial charge in [-0.25, -0.2) is 8.42 Å². The number of sulfonamides is 1. The molecule has 8 heteroatoms. The van der Waals surface area contributed by atoms with Crippen LogP contribution in [0.2, 0.25) is 0 Å². The molecule has 0 bridgehead atoms. The van der Waals surface area contributed by atoms with E-state index in [-0.39, 0.29) is 38.6 Å². The summed E-state index contributed by atoms with van der Waals surface area (Å²) in [7, 11) is -1.30. The minimum Gasteiger partial charge on any atom is -0.497 e. The predicted molar refractivity (Wildman–Crippen MR) is 110 cm³/mol. The number of ether oxygens (including phenoxy) is 2. The van der Waals surface area contributed by atoms with Crippen LogP contribution in [-0.2, 0) is 10.0 Å².